The number of benzene rings is 3. The lowest BCUT2D eigenvalue weighted by Gasteiger charge is -2.25. The Labute approximate surface area is 168 Å². The molecule has 1 aliphatic rings. The van der Waals surface area contributed by atoms with Gasteiger partial charge in [-0.2, -0.15) is 0 Å². The molecule has 0 spiro atoms. The van der Waals surface area contributed by atoms with Crippen molar-refractivity contribution in [1.29, 1.82) is 0 Å². The highest BCUT2D eigenvalue weighted by molar-refractivity contribution is 6.02. The number of hydrogen-bond acceptors (Lipinski definition) is 2. The van der Waals surface area contributed by atoms with Crippen molar-refractivity contribution in [2.45, 2.75) is 25.9 Å². The minimum Gasteiger partial charge on any atom is -0.478 e. The molecule has 0 saturated carbocycles. The molecule has 146 valence electrons. The number of rotatable bonds is 5. The number of ketones is 1. The van der Waals surface area contributed by atoms with Gasteiger partial charge in [0.15, 0.2) is 5.78 Å². The van der Waals surface area contributed by atoms with Crippen LogP contribution >= 0.6 is 0 Å². The van der Waals surface area contributed by atoms with E-state index in [2.05, 4.69) is 0 Å². The van der Waals surface area contributed by atoms with Crippen LogP contribution in [0.4, 0.5) is 4.39 Å². The molecule has 0 heterocycles. The summed E-state index contributed by atoms with van der Waals surface area (Å²) in [4.78, 5) is 24.2. The molecule has 4 heteroatoms. The third-order valence-electron chi connectivity index (χ3n) is 5.63. The number of halogens is 1. The first-order valence-electron chi connectivity index (χ1n) is 9.70. The van der Waals surface area contributed by atoms with Crippen LogP contribution in [0.1, 0.15) is 43.8 Å². The van der Waals surface area contributed by atoms with Gasteiger partial charge in [0.1, 0.15) is 6.67 Å². The second-order valence-corrected chi connectivity index (χ2v) is 7.47. The lowest BCUT2D eigenvalue weighted by Crippen LogP contribution is -2.25. The third-order valence-corrected chi connectivity index (χ3v) is 5.63. The lowest BCUT2D eigenvalue weighted by atomic mass is 9.77. The van der Waals surface area contributed by atoms with Gasteiger partial charge in [0.05, 0.1) is 5.56 Å². The van der Waals surface area contributed by atoms with Crippen molar-refractivity contribution in [3.63, 3.8) is 0 Å². The molecular weight excluding hydrogens is 367 g/mol. The van der Waals surface area contributed by atoms with Crippen LogP contribution in [-0.2, 0) is 19.5 Å². The summed E-state index contributed by atoms with van der Waals surface area (Å²) in [7, 11) is 0. The first kappa shape index (κ1) is 19.1. The predicted molar refractivity (Wildman–Crippen MR) is 110 cm³/mol. The Morgan fingerprint density at radius 2 is 1.69 bits per heavy atom. The topological polar surface area (TPSA) is 54.4 Å². The molecule has 1 N–H and O–H groups in total. The lowest BCUT2D eigenvalue weighted by molar-refractivity contribution is 0.0696. The SMILES string of the molecule is O=C(O)c1ccc(CC2CCc3c(cccc3-c3cccc(CF)c3)C2=O)cc1. The maximum Gasteiger partial charge on any atom is 0.335 e. The summed E-state index contributed by atoms with van der Waals surface area (Å²) in [5, 5.41) is 9.03. The van der Waals surface area contributed by atoms with Gasteiger partial charge in [-0.15, -0.1) is 0 Å². The fourth-order valence-corrected chi connectivity index (χ4v) is 4.11. The summed E-state index contributed by atoms with van der Waals surface area (Å²) in [6.45, 7) is -0.509. The van der Waals surface area contributed by atoms with Crippen molar-refractivity contribution < 1.29 is 19.1 Å². The van der Waals surface area contributed by atoms with E-state index in [1.54, 1.807) is 30.3 Å². The fourth-order valence-electron chi connectivity index (χ4n) is 4.11. The van der Waals surface area contributed by atoms with Crippen LogP contribution in [0.3, 0.4) is 0 Å². The number of aromatic carboxylic acids is 1. The molecule has 4 rings (SSSR count). The minimum absolute atomic E-state index is 0.120. The monoisotopic (exact) mass is 388 g/mol. The van der Waals surface area contributed by atoms with E-state index in [0.717, 1.165) is 40.7 Å². The van der Waals surface area contributed by atoms with E-state index in [9.17, 15) is 14.0 Å². The molecule has 3 aromatic rings. The molecule has 1 aliphatic carbocycles. The maximum atomic E-state index is 13.1. The number of carboxylic acid groups (broad SMARTS) is 1. The van der Waals surface area contributed by atoms with E-state index in [0.29, 0.717) is 12.0 Å². The van der Waals surface area contributed by atoms with Crippen molar-refractivity contribution in [1.82, 2.24) is 0 Å². The number of carbonyl (C=O) groups is 2. The van der Waals surface area contributed by atoms with E-state index in [1.165, 1.54) is 0 Å². The van der Waals surface area contributed by atoms with Gasteiger partial charge < -0.3 is 5.11 Å². The highest BCUT2D eigenvalue weighted by atomic mass is 19.1. The van der Waals surface area contributed by atoms with Crippen LogP contribution in [0.2, 0.25) is 0 Å². The van der Waals surface area contributed by atoms with Gasteiger partial charge in [0.25, 0.3) is 0 Å². The normalized spacial score (nSPS) is 15.8. The summed E-state index contributed by atoms with van der Waals surface area (Å²) in [6, 6.07) is 19.9. The van der Waals surface area contributed by atoms with Crippen LogP contribution in [0.5, 0.6) is 0 Å². The third kappa shape index (κ3) is 3.83. The van der Waals surface area contributed by atoms with Crippen molar-refractivity contribution in [3.8, 4) is 11.1 Å². The van der Waals surface area contributed by atoms with Crippen molar-refractivity contribution in [2.24, 2.45) is 5.92 Å². The van der Waals surface area contributed by atoms with E-state index in [-0.39, 0.29) is 17.3 Å². The second-order valence-electron chi connectivity index (χ2n) is 7.47. The molecule has 0 aromatic heterocycles. The Kier molecular flexibility index (Phi) is 5.26. The molecular formula is C25H21FO3. The molecule has 29 heavy (non-hydrogen) atoms. The molecule has 0 amide bonds. The van der Waals surface area contributed by atoms with E-state index < -0.39 is 12.6 Å². The van der Waals surface area contributed by atoms with E-state index >= 15 is 0 Å². The smallest absolute Gasteiger partial charge is 0.335 e. The number of fused-ring (bicyclic) bond motifs is 1. The highest BCUT2D eigenvalue weighted by Gasteiger charge is 2.29. The van der Waals surface area contributed by atoms with Crippen LogP contribution in [0, 0.1) is 5.92 Å². The van der Waals surface area contributed by atoms with Crippen LogP contribution in [0.15, 0.2) is 66.7 Å². The number of hydrogen-bond donors (Lipinski definition) is 1. The summed E-state index contributed by atoms with van der Waals surface area (Å²) < 4.78 is 13.1. The zero-order valence-corrected chi connectivity index (χ0v) is 15.9. The van der Waals surface area contributed by atoms with Crippen molar-refractivity contribution >= 4 is 11.8 Å². The average molecular weight is 388 g/mol. The van der Waals surface area contributed by atoms with Crippen LogP contribution in [-0.4, -0.2) is 16.9 Å². The Bertz CT molecular complexity index is 1070. The van der Waals surface area contributed by atoms with Gasteiger partial charge in [-0.25, -0.2) is 9.18 Å². The maximum absolute atomic E-state index is 13.1. The van der Waals surface area contributed by atoms with E-state index in [1.807, 2.05) is 36.4 Å². The Balaban J connectivity index is 1.60. The fraction of sp³-hybridized carbons (Fsp3) is 0.200. The zero-order chi connectivity index (χ0) is 20.4. The number of carbonyl (C=O) groups excluding carboxylic acids is 1. The summed E-state index contributed by atoms with van der Waals surface area (Å²) in [6.07, 6.45) is 2.13. The van der Waals surface area contributed by atoms with Gasteiger partial charge in [-0.05, 0) is 65.3 Å². The predicted octanol–water partition coefficient (Wildman–Crippen LogP) is 5.51. The minimum atomic E-state index is -0.955. The molecule has 1 unspecified atom stereocenters. The van der Waals surface area contributed by atoms with Gasteiger partial charge >= 0.3 is 5.97 Å². The van der Waals surface area contributed by atoms with Crippen molar-refractivity contribution in [2.75, 3.05) is 0 Å². The molecule has 0 saturated heterocycles. The quantitative estimate of drug-likeness (QED) is 0.627. The summed E-state index contributed by atoms with van der Waals surface area (Å²) in [5.41, 5.74) is 5.54. The summed E-state index contributed by atoms with van der Waals surface area (Å²) in [5.74, 6) is -0.953. The highest BCUT2D eigenvalue weighted by Crippen LogP contribution is 2.35. The molecule has 1 atom stereocenters. The van der Waals surface area contributed by atoms with Crippen LogP contribution in [0.25, 0.3) is 11.1 Å². The Morgan fingerprint density at radius 3 is 2.41 bits per heavy atom. The molecule has 3 nitrogen and oxygen atoms in total. The standard InChI is InChI=1S/C25H21FO3/c26-15-17-3-1-4-19(14-17)21-5-2-6-23-22(21)12-11-20(24(23)27)13-16-7-9-18(10-8-16)25(28)29/h1-10,14,20H,11-13,15H2,(H,28,29). The van der Waals surface area contributed by atoms with Gasteiger partial charge in [-0.3, -0.25) is 4.79 Å². The second kappa shape index (κ2) is 8.00. The number of alkyl halides is 1. The molecule has 0 fully saturated rings. The van der Waals surface area contributed by atoms with Gasteiger partial charge in [0, 0.05) is 11.5 Å². The van der Waals surface area contributed by atoms with Crippen LogP contribution < -0.4 is 0 Å². The van der Waals surface area contributed by atoms with Gasteiger partial charge in [0.2, 0.25) is 0 Å². The Hall–Kier alpha value is -3.27. The molecule has 0 radical (unpaired) electrons. The first-order chi connectivity index (χ1) is 14.1. The van der Waals surface area contributed by atoms with E-state index in [4.69, 9.17) is 5.11 Å². The Morgan fingerprint density at radius 1 is 0.966 bits per heavy atom. The van der Waals surface area contributed by atoms with Gasteiger partial charge in [-0.1, -0.05) is 48.5 Å². The number of carboxylic acids is 1. The largest absolute Gasteiger partial charge is 0.478 e. The average Bonchev–Trinajstić information content (AvgIpc) is 2.76. The molecule has 0 bridgehead atoms. The zero-order valence-electron chi connectivity index (χ0n) is 15.9. The van der Waals surface area contributed by atoms with Crippen molar-refractivity contribution in [3.05, 3.63) is 94.5 Å². The molecule has 0 aliphatic heterocycles. The summed E-state index contributed by atoms with van der Waals surface area (Å²) >= 11 is 0. The first-order valence-corrected chi connectivity index (χ1v) is 9.70. The number of Topliss-reactive ketones (excluding diaryl/α,β-unsaturated/α-hetero) is 1. The molecule has 3 aromatic carbocycles.